The van der Waals surface area contributed by atoms with Crippen LogP contribution in [0.1, 0.15) is 19.8 Å². The van der Waals surface area contributed by atoms with E-state index in [1.807, 2.05) is 0 Å². The van der Waals surface area contributed by atoms with E-state index in [-0.39, 0.29) is 30.3 Å². The number of hydrogen-bond donors (Lipinski definition) is 1. The predicted octanol–water partition coefficient (Wildman–Crippen LogP) is -0.0956. The van der Waals surface area contributed by atoms with E-state index in [0.717, 1.165) is 0 Å². The summed E-state index contributed by atoms with van der Waals surface area (Å²) in [5.74, 6) is -0.180. The lowest BCUT2D eigenvalue weighted by molar-refractivity contribution is -0.140. The Morgan fingerprint density at radius 1 is 1.42 bits per heavy atom. The monoisotopic (exact) mass is 192 g/mol. The van der Waals surface area contributed by atoms with E-state index in [2.05, 4.69) is 0 Å². The molecule has 1 heterocycles. The molecule has 0 radical (unpaired) electrons. The molecule has 0 aromatic carbocycles. The van der Waals surface area contributed by atoms with Gasteiger partial charge in [0.25, 0.3) is 0 Å². The molecule has 2 amide bonds. The van der Waals surface area contributed by atoms with Crippen molar-refractivity contribution in [1.82, 2.24) is 4.90 Å². The van der Waals surface area contributed by atoms with Crippen molar-refractivity contribution in [3.05, 3.63) is 0 Å². The summed E-state index contributed by atoms with van der Waals surface area (Å²) in [5.41, 5.74) is 5.33. The van der Waals surface area contributed by atoms with Crippen LogP contribution in [0.25, 0.3) is 0 Å². The molecule has 1 saturated heterocycles. The number of carbonyl (C=O) groups excluding carboxylic acids is 2. The molecule has 1 atom stereocenters. The Morgan fingerprint density at radius 2 is 1.83 bits per heavy atom. The van der Waals surface area contributed by atoms with Gasteiger partial charge in [0.2, 0.25) is 11.8 Å². The first-order valence-corrected chi connectivity index (χ1v) is 3.71. The number of nitrogens with two attached hydrogens (primary N) is 1. The van der Waals surface area contributed by atoms with Gasteiger partial charge in [-0.2, -0.15) is 0 Å². The third-order valence-electron chi connectivity index (χ3n) is 1.87. The molecular formula is C7H13ClN2O2. The van der Waals surface area contributed by atoms with Crippen molar-refractivity contribution >= 4 is 24.2 Å². The van der Waals surface area contributed by atoms with E-state index in [9.17, 15) is 9.59 Å². The zero-order chi connectivity index (χ0) is 8.43. The molecule has 1 unspecified atom stereocenters. The summed E-state index contributed by atoms with van der Waals surface area (Å²) in [6, 6.07) is -0.141. The lowest BCUT2D eigenvalue weighted by atomic mass is 10.3. The van der Waals surface area contributed by atoms with Gasteiger partial charge in [0.1, 0.15) is 0 Å². The second kappa shape index (κ2) is 4.42. The fourth-order valence-electron chi connectivity index (χ4n) is 1.19. The molecule has 0 aromatic heterocycles. The summed E-state index contributed by atoms with van der Waals surface area (Å²) >= 11 is 0. The molecule has 2 N–H and O–H groups in total. The van der Waals surface area contributed by atoms with E-state index < -0.39 is 0 Å². The second-order valence-corrected chi connectivity index (χ2v) is 2.74. The topological polar surface area (TPSA) is 63.4 Å². The third kappa shape index (κ3) is 1.95. The predicted molar refractivity (Wildman–Crippen MR) is 46.9 cm³/mol. The number of imide groups is 1. The Kier molecular flexibility index (Phi) is 4.20. The van der Waals surface area contributed by atoms with Crippen LogP contribution in [0.2, 0.25) is 0 Å². The quantitative estimate of drug-likeness (QED) is 0.622. The van der Waals surface area contributed by atoms with Crippen molar-refractivity contribution < 1.29 is 9.59 Å². The number of hydrogen-bond acceptors (Lipinski definition) is 3. The number of amides is 2. The number of halogens is 1. The zero-order valence-electron chi connectivity index (χ0n) is 6.95. The van der Waals surface area contributed by atoms with E-state index in [0.29, 0.717) is 19.4 Å². The molecule has 70 valence electrons. The highest BCUT2D eigenvalue weighted by atomic mass is 35.5. The van der Waals surface area contributed by atoms with Crippen molar-refractivity contribution in [2.45, 2.75) is 25.8 Å². The van der Waals surface area contributed by atoms with Gasteiger partial charge >= 0.3 is 0 Å². The summed E-state index contributed by atoms with van der Waals surface area (Å²) in [5, 5.41) is 0. The standard InChI is InChI=1S/C7H12N2O2.ClH/c1-5(4-8)9-6(10)2-3-7(9)11;/h5H,2-4,8H2,1H3;1H. The van der Waals surface area contributed by atoms with Crippen molar-refractivity contribution in [3.8, 4) is 0 Å². The maximum absolute atomic E-state index is 11.0. The molecule has 4 nitrogen and oxygen atoms in total. The highest BCUT2D eigenvalue weighted by molar-refractivity contribution is 6.02. The van der Waals surface area contributed by atoms with Gasteiger partial charge in [-0.25, -0.2) is 0 Å². The minimum absolute atomic E-state index is 0. The smallest absolute Gasteiger partial charge is 0.229 e. The van der Waals surface area contributed by atoms with E-state index in [1.54, 1.807) is 6.92 Å². The summed E-state index contributed by atoms with van der Waals surface area (Å²) in [6.07, 6.45) is 0.701. The Morgan fingerprint density at radius 3 is 2.17 bits per heavy atom. The molecular weight excluding hydrogens is 180 g/mol. The lowest BCUT2D eigenvalue weighted by Gasteiger charge is -2.20. The SMILES string of the molecule is CC(CN)N1C(=O)CCC1=O.Cl. The molecule has 0 spiro atoms. The highest BCUT2D eigenvalue weighted by Gasteiger charge is 2.31. The van der Waals surface area contributed by atoms with Crippen LogP contribution in [0.4, 0.5) is 0 Å². The number of nitrogens with zero attached hydrogens (tertiary/aromatic N) is 1. The van der Waals surface area contributed by atoms with Crippen molar-refractivity contribution in [3.63, 3.8) is 0 Å². The van der Waals surface area contributed by atoms with Crippen LogP contribution in [0.15, 0.2) is 0 Å². The van der Waals surface area contributed by atoms with Crippen molar-refractivity contribution in [2.75, 3.05) is 6.54 Å². The van der Waals surface area contributed by atoms with Crippen molar-refractivity contribution in [2.24, 2.45) is 5.73 Å². The molecule has 0 bridgehead atoms. The molecule has 0 aliphatic carbocycles. The van der Waals surface area contributed by atoms with E-state index >= 15 is 0 Å². The van der Waals surface area contributed by atoms with Crippen LogP contribution in [0.3, 0.4) is 0 Å². The van der Waals surface area contributed by atoms with Gasteiger partial charge in [0.05, 0.1) is 0 Å². The molecule has 5 heteroatoms. The van der Waals surface area contributed by atoms with Crippen LogP contribution >= 0.6 is 12.4 Å². The minimum atomic E-state index is -0.141. The van der Waals surface area contributed by atoms with Crippen molar-refractivity contribution in [1.29, 1.82) is 0 Å². The molecule has 12 heavy (non-hydrogen) atoms. The van der Waals surface area contributed by atoms with Gasteiger partial charge in [-0.15, -0.1) is 12.4 Å². The van der Waals surface area contributed by atoms with Gasteiger partial charge < -0.3 is 5.73 Å². The fourth-order valence-corrected chi connectivity index (χ4v) is 1.19. The van der Waals surface area contributed by atoms with E-state index in [4.69, 9.17) is 5.73 Å². The summed E-state index contributed by atoms with van der Waals surface area (Å²) in [4.78, 5) is 23.3. The van der Waals surface area contributed by atoms with Gasteiger partial charge in [-0.1, -0.05) is 0 Å². The second-order valence-electron chi connectivity index (χ2n) is 2.74. The molecule has 0 aromatic rings. The minimum Gasteiger partial charge on any atom is -0.328 e. The molecule has 1 aliphatic rings. The maximum atomic E-state index is 11.0. The number of carbonyl (C=O) groups is 2. The molecule has 1 rings (SSSR count). The average molecular weight is 193 g/mol. The summed E-state index contributed by atoms with van der Waals surface area (Å²) in [6.45, 7) is 2.12. The highest BCUT2D eigenvalue weighted by Crippen LogP contribution is 2.14. The lowest BCUT2D eigenvalue weighted by Crippen LogP contribution is -2.41. The maximum Gasteiger partial charge on any atom is 0.229 e. The number of likely N-dealkylation sites (tertiary alicyclic amines) is 1. The average Bonchev–Trinajstić information content (AvgIpc) is 2.30. The molecule has 0 saturated carbocycles. The Bertz CT molecular complexity index is 180. The normalized spacial score (nSPS) is 19.3. The van der Waals surface area contributed by atoms with Gasteiger partial charge in [0, 0.05) is 25.4 Å². The third-order valence-corrected chi connectivity index (χ3v) is 1.87. The van der Waals surface area contributed by atoms with Gasteiger partial charge in [-0.3, -0.25) is 14.5 Å². The first kappa shape index (κ1) is 11.4. The van der Waals surface area contributed by atoms with Crippen LogP contribution < -0.4 is 5.73 Å². The first-order valence-electron chi connectivity index (χ1n) is 3.71. The van der Waals surface area contributed by atoms with E-state index in [1.165, 1.54) is 4.90 Å². The Hall–Kier alpha value is -0.610. The number of rotatable bonds is 2. The summed E-state index contributed by atoms with van der Waals surface area (Å²) in [7, 11) is 0. The summed E-state index contributed by atoms with van der Waals surface area (Å²) < 4.78 is 0. The van der Waals surface area contributed by atoms with Crippen LogP contribution in [0, 0.1) is 0 Å². The zero-order valence-corrected chi connectivity index (χ0v) is 7.76. The Balaban J connectivity index is 0.00000121. The largest absolute Gasteiger partial charge is 0.328 e. The van der Waals surface area contributed by atoms with Gasteiger partial charge in [-0.05, 0) is 6.92 Å². The Labute approximate surface area is 77.5 Å². The van der Waals surface area contributed by atoms with Gasteiger partial charge in [0.15, 0.2) is 0 Å². The van der Waals surface area contributed by atoms with Crippen LogP contribution in [-0.4, -0.2) is 29.3 Å². The van der Waals surface area contributed by atoms with Crippen LogP contribution in [0.5, 0.6) is 0 Å². The fraction of sp³-hybridized carbons (Fsp3) is 0.714. The van der Waals surface area contributed by atoms with Crippen LogP contribution in [-0.2, 0) is 9.59 Å². The molecule has 1 aliphatic heterocycles. The molecule has 1 fully saturated rings. The first-order chi connectivity index (χ1) is 5.16.